The van der Waals surface area contributed by atoms with Gasteiger partial charge in [0.25, 0.3) is 0 Å². The van der Waals surface area contributed by atoms with Crippen LogP contribution in [0.15, 0.2) is 0 Å². The number of rotatable bonds is 1. The van der Waals surface area contributed by atoms with Gasteiger partial charge in [-0.05, 0) is 36.0 Å². The van der Waals surface area contributed by atoms with Gasteiger partial charge in [0.15, 0.2) is 0 Å². The van der Waals surface area contributed by atoms with Crippen LogP contribution in [0.3, 0.4) is 0 Å². The quantitative estimate of drug-likeness (QED) is 0.553. The van der Waals surface area contributed by atoms with Gasteiger partial charge in [0, 0.05) is 0 Å². The topological polar surface area (TPSA) is 0 Å². The van der Waals surface area contributed by atoms with E-state index >= 15 is 0 Å². The molecule has 1 aliphatic rings. The molecule has 0 heterocycles. The lowest BCUT2D eigenvalue weighted by Crippen LogP contribution is -2.42. The van der Waals surface area contributed by atoms with Crippen LogP contribution in [-0.4, -0.2) is 0 Å². The molecule has 0 aromatic heterocycles. The van der Waals surface area contributed by atoms with E-state index in [4.69, 9.17) is 0 Å². The summed E-state index contributed by atoms with van der Waals surface area (Å²) in [4.78, 5) is 0. The first kappa shape index (κ1) is 10.1. The minimum atomic E-state index is 0.305. The Hall–Kier alpha value is 0. The maximum Gasteiger partial charge on any atom is -0.0106 e. The lowest BCUT2D eigenvalue weighted by molar-refractivity contribution is 0.0280. The van der Waals surface area contributed by atoms with Crippen molar-refractivity contribution in [1.82, 2.24) is 0 Å². The minimum Gasteiger partial charge on any atom is -0.0622 e. The third-order valence-corrected chi connectivity index (χ3v) is 4.14. The van der Waals surface area contributed by atoms with Gasteiger partial charge in [0.2, 0.25) is 0 Å². The normalized spacial score (nSPS) is 35.5. The molecule has 2 radical (unpaired) electrons. The van der Waals surface area contributed by atoms with E-state index < -0.39 is 0 Å². The molecule has 0 heteroatoms. The summed E-state index contributed by atoms with van der Waals surface area (Å²) in [6.45, 7) is 11.8. The summed E-state index contributed by atoms with van der Waals surface area (Å²) in [6, 6.07) is 0. The predicted octanol–water partition coefficient (Wildman–Crippen LogP) is 3.94. The van der Waals surface area contributed by atoms with Crippen LogP contribution in [-0.2, 0) is 0 Å². The van der Waals surface area contributed by atoms with Crippen molar-refractivity contribution in [2.45, 2.75) is 53.9 Å². The Morgan fingerprint density at radius 1 is 1.17 bits per heavy atom. The van der Waals surface area contributed by atoms with Crippen molar-refractivity contribution >= 4 is 0 Å². The van der Waals surface area contributed by atoms with Crippen molar-refractivity contribution in [3.05, 3.63) is 6.42 Å². The molecule has 0 saturated heterocycles. The molecule has 0 nitrogen and oxygen atoms in total. The molecule has 0 aromatic carbocycles. The van der Waals surface area contributed by atoms with E-state index in [9.17, 15) is 0 Å². The molecule has 0 spiro atoms. The summed E-state index contributed by atoms with van der Waals surface area (Å²) in [6.07, 6.45) is 7.52. The lowest BCUT2D eigenvalue weighted by atomic mass is 9.54. The largest absolute Gasteiger partial charge is 0.0622 e. The SMILES string of the molecule is CC(C)C1(C)CCC[C]C1(C)C. The maximum atomic E-state index is 3.63. The van der Waals surface area contributed by atoms with E-state index in [1.807, 2.05) is 0 Å². The standard InChI is InChI=1S/C12H22/c1-10(2)12(5)9-7-6-8-11(12,3)4/h10H,6-7,9H2,1-5H3. The molecule has 1 fully saturated rings. The van der Waals surface area contributed by atoms with Crippen LogP contribution in [0.4, 0.5) is 0 Å². The highest BCUT2D eigenvalue weighted by Crippen LogP contribution is 2.53. The molecule has 1 atom stereocenters. The van der Waals surface area contributed by atoms with Crippen LogP contribution in [0.25, 0.3) is 0 Å². The van der Waals surface area contributed by atoms with Crippen LogP contribution in [0.2, 0.25) is 0 Å². The molecule has 0 aromatic rings. The van der Waals surface area contributed by atoms with Gasteiger partial charge >= 0.3 is 0 Å². The fourth-order valence-electron chi connectivity index (χ4n) is 2.38. The average Bonchev–Trinajstić information content (AvgIpc) is 1.95. The van der Waals surface area contributed by atoms with Crippen molar-refractivity contribution in [2.24, 2.45) is 16.7 Å². The second-order valence-corrected chi connectivity index (χ2v) is 5.23. The first-order valence-corrected chi connectivity index (χ1v) is 5.15. The summed E-state index contributed by atoms with van der Waals surface area (Å²) in [5.74, 6) is 0.764. The van der Waals surface area contributed by atoms with Gasteiger partial charge < -0.3 is 0 Å². The zero-order chi connectivity index (χ0) is 9.41. The van der Waals surface area contributed by atoms with E-state index in [-0.39, 0.29) is 0 Å². The van der Waals surface area contributed by atoms with Crippen molar-refractivity contribution in [3.8, 4) is 0 Å². The molecule has 0 bridgehead atoms. The van der Waals surface area contributed by atoms with E-state index in [1.54, 1.807) is 0 Å². The fourth-order valence-corrected chi connectivity index (χ4v) is 2.38. The van der Waals surface area contributed by atoms with Gasteiger partial charge in [0.05, 0.1) is 0 Å². The molecule has 0 aliphatic heterocycles. The first-order valence-electron chi connectivity index (χ1n) is 5.15. The Bertz CT molecular complexity index is 155. The molecule has 70 valence electrons. The van der Waals surface area contributed by atoms with Crippen molar-refractivity contribution in [1.29, 1.82) is 0 Å². The Morgan fingerprint density at radius 2 is 1.75 bits per heavy atom. The van der Waals surface area contributed by atoms with Crippen LogP contribution < -0.4 is 0 Å². The van der Waals surface area contributed by atoms with Gasteiger partial charge in [-0.25, -0.2) is 0 Å². The molecule has 1 rings (SSSR count). The van der Waals surface area contributed by atoms with E-state index in [2.05, 4.69) is 41.0 Å². The minimum absolute atomic E-state index is 0.305. The average molecular weight is 166 g/mol. The monoisotopic (exact) mass is 166 g/mol. The van der Waals surface area contributed by atoms with Crippen LogP contribution >= 0.6 is 0 Å². The van der Waals surface area contributed by atoms with Gasteiger partial charge in [-0.3, -0.25) is 0 Å². The molecule has 12 heavy (non-hydrogen) atoms. The summed E-state index contributed by atoms with van der Waals surface area (Å²) in [7, 11) is 0. The summed E-state index contributed by atoms with van der Waals surface area (Å²) in [5, 5.41) is 0. The molecule has 0 amide bonds. The van der Waals surface area contributed by atoms with Gasteiger partial charge in [0.1, 0.15) is 0 Å². The summed E-state index contributed by atoms with van der Waals surface area (Å²) >= 11 is 0. The van der Waals surface area contributed by atoms with Crippen LogP contribution in [0, 0.1) is 23.2 Å². The van der Waals surface area contributed by atoms with Gasteiger partial charge in [-0.1, -0.05) is 41.0 Å². The summed E-state index contributed by atoms with van der Waals surface area (Å²) in [5.41, 5.74) is 0.769. The van der Waals surface area contributed by atoms with E-state index in [1.165, 1.54) is 19.3 Å². The Labute approximate surface area is 77.7 Å². The molecular weight excluding hydrogens is 144 g/mol. The second kappa shape index (κ2) is 3.05. The third kappa shape index (κ3) is 1.41. The summed E-state index contributed by atoms with van der Waals surface area (Å²) < 4.78 is 0. The molecule has 1 saturated carbocycles. The molecule has 1 aliphatic carbocycles. The second-order valence-electron chi connectivity index (χ2n) is 5.23. The highest BCUT2D eigenvalue weighted by atomic mass is 14.5. The van der Waals surface area contributed by atoms with E-state index in [0.29, 0.717) is 10.8 Å². The van der Waals surface area contributed by atoms with Gasteiger partial charge in [-0.2, -0.15) is 0 Å². The zero-order valence-electron chi connectivity index (χ0n) is 9.20. The molecule has 0 N–H and O–H groups in total. The fraction of sp³-hybridized carbons (Fsp3) is 0.917. The lowest BCUT2D eigenvalue weighted by Gasteiger charge is -2.50. The number of hydrogen-bond donors (Lipinski definition) is 0. The molecule has 1 unspecified atom stereocenters. The zero-order valence-corrected chi connectivity index (χ0v) is 9.20. The molecular formula is C12H22. The van der Waals surface area contributed by atoms with Crippen molar-refractivity contribution in [2.75, 3.05) is 0 Å². The highest BCUT2D eigenvalue weighted by Gasteiger charge is 2.44. The van der Waals surface area contributed by atoms with E-state index in [0.717, 1.165) is 5.92 Å². The third-order valence-electron chi connectivity index (χ3n) is 4.14. The number of hydrogen-bond acceptors (Lipinski definition) is 0. The Balaban J connectivity index is 2.84. The van der Waals surface area contributed by atoms with Crippen molar-refractivity contribution in [3.63, 3.8) is 0 Å². The first-order chi connectivity index (χ1) is 5.40. The Kier molecular flexibility index (Phi) is 2.56. The van der Waals surface area contributed by atoms with Crippen LogP contribution in [0.1, 0.15) is 53.9 Å². The van der Waals surface area contributed by atoms with Crippen molar-refractivity contribution < 1.29 is 0 Å². The maximum absolute atomic E-state index is 3.63. The Morgan fingerprint density at radius 3 is 2.08 bits per heavy atom. The smallest absolute Gasteiger partial charge is 0.0106 e. The highest BCUT2D eigenvalue weighted by molar-refractivity contribution is 5.02. The van der Waals surface area contributed by atoms with Crippen LogP contribution in [0.5, 0.6) is 0 Å². The van der Waals surface area contributed by atoms with Gasteiger partial charge in [-0.15, -0.1) is 0 Å². The predicted molar refractivity (Wildman–Crippen MR) is 53.8 cm³/mol.